The minimum Gasteiger partial charge on any atom is -0.444 e. The maximum Gasteiger partial charge on any atom is 0.410 e. The number of fused-ring (bicyclic) bond motifs is 1. The molecule has 0 aromatic carbocycles. The van der Waals surface area contributed by atoms with Crippen molar-refractivity contribution in [2.75, 3.05) is 37.8 Å². The fourth-order valence-corrected chi connectivity index (χ4v) is 6.85. The van der Waals surface area contributed by atoms with Crippen LogP contribution in [0.5, 0.6) is 0 Å². The SMILES string of the molecule is Cc1cc2cnc(NC3CCN(S(C)(=O)=O)CC3)nc2c(C2CC3(C2)CN(C(=O)OC(C)(C)C)CC3(F)F)n1. The van der Waals surface area contributed by atoms with Gasteiger partial charge < -0.3 is 15.0 Å². The van der Waals surface area contributed by atoms with Gasteiger partial charge in [-0.3, -0.25) is 4.98 Å². The van der Waals surface area contributed by atoms with E-state index in [1.807, 2.05) is 13.0 Å². The van der Waals surface area contributed by atoms with Gasteiger partial charge in [0.25, 0.3) is 5.92 Å². The molecule has 2 aliphatic heterocycles. The maximum atomic E-state index is 15.2. The van der Waals surface area contributed by atoms with E-state index in [2.05, 4.69) is 10.3 Å². The number of rotatable bonds is 4. The third kappa shape index (κ3) is 5.52. The Kier molecular flexibility index (Phi) is 6.77. The summed E-state index contributed by atoms with van der Waals surface area (Å²) in [6.45, 7) is 7.15. The van der Waals surface area contributed by atoms with Crippen LogP contribution in [0.2, 0.25) is 0 Å². The summed E-state index contributed by atoms with van der Waals surface area (Å²) in [6, 6.07) is 1.89. The van der Waals surface area contributed by atoms with Crippen LogP contribution in [-0.2, 0) is 14.8 Å². The van der Waals surface area contributed by atoms with Crippen molar-refractivity contribution >= 4 is 33.0 Å². The van der Waals surface area contributed by atoms with Gasteiger partial charge in [0.1, 0.15) is 5.60 Å². The van der Waals surface area contributed by atoms with Gasteiger partial charge in [0.2, 0.25) is 16.0 Å². The lowest BCUT2D eigenvalue weighted by Gasteiger charge is -2.47. The highest BCUT2D eigenvalue weighted by molar-refractivity contribution is 7.88. The Morgan fingerprint density at radius 2 is 1.82 bits per heavy atom. The number of anilines is 1. The predicted octanol–water partition coefficient (Wildman–Crippen LogP) is 3.92. The van der Waals surface area contributed by atoms with Crippen LogP contribution in [0.25, 0.3) is 10.9 Å². The van der Waals surface area contributed by atoms with Crippen molar-refractivity contribution in [1.82, 2.24) is 24.2 Å². The number of halogens is 2. The fraction of sp³-hybridized carbons (Fsp3) is 0.692. The molecule has 0 unspecified atom stereocenters. The fourth-order valence-electron chi connectivity index (χ4n) is 5.98. The molecule has 1 N–H and O–H groups in total. The number of aromatic nitrogens is 3. The lowest BCUT2D eigenvalue weighted by molar-refractivity contribution is -0.131. The predicted molar refractivity (Wildman–Crippen MR) is 142 cm³/mol. The zero-order valence-electron chi connectivity index (χ0n) is 23.0. The molecule has 3 fully saturated rings. The van der Waals surface area contributed by atoms with Crippen molar-refractivity contribution < 1.29 is 26.7 Å². The number of amides is 1. The van der Waals surface area contributed by atoms with E-state index in [-0.39, 0.29) is 31.3 Å². The minimum absolute atomic E-state index is 0.0188. The molecular weight excluding hydrogens is 530 g/mol. The summed E-state index contributed by atoms with van der Waals surface area (Å²) in [5.74, 6) is -2.84. The van der Waals surface area contributed by atoms with Crippen LogP contribution in [0.3, 0.4) is 0 Å². The maximum absolute atomic E-state index is 15.2. The first kappa shape index (κ1) is 27.9. The van der Waals surface area contributed by atoms with Crippen molar-refractivity contribution in [3.63, 3.8) is 0 Å². The largest absolute Gasteiger partial charge is 0.444 e. The molecule has 4 heterocycles. The van der Waals surface area contributed by atoms with Gasteiger partial charge in [-0.05, 0) is 59.4 Å². The molecule has 1 spiro atoms. The second kappa shape index (κ2) is 9.46. The lowest BCUT2D eigenvalue weighted by atomic mass is 9.58. The van der Waals surface area contributed by atoms with Gasteiger partial charge in [0.15, 0.2) is 0 Å². The summed E-state index contributed by atoms with van der Waals surface area (Å²) in [5, 5.41) is 4.09. The van der Waals surface area contributed by atoms with E-state index in [4.69, 9.17) is 14.7 Å². The molecule has 10 nitrogen and oxygen atoms in total. The summed E-state index contributed by atoms with van der Waals surface area (Å²) < 4.78 is 60.9. The average molecular weight is 567 g/mol. The number of sulfonamides is 1. The molecule has 13 heteroatoms. The van der Waals surface area contributed by atoms with Crippen LogP contribution in [0.1, 0.15) is 63.8 Å². The molecule has 5 rings (SSSR count). The molecule has 2 aromatic heterocycles. The summed E-state index contributed by atoms with van der Waals surface area (Å²) in [7, 11) is -3.22. The Labute approximate surface area is 227 Å². The molecule has 39 heavy (non-hydrogen) atoms. The molecule has 0 bridgehead atoms. The molecule has 1 aliphatic carbocycles. The number of alkyl halides is 2. The number of pyridine rings is 1. The Morgan fingerprint density at radius 3 is 2.44 bits per heavy atom. The first-order valence-corrected chi connectivity index (χ1v) is 15.1. The smallest absolute Gasteiger partial charge is 0.410 e. The second-order valence-electron chi connectivity index (χ2n) is 12.3. The van der Waals surface area contributed by atoms with E-state index in [1.54, 1.807) is 27.0 Å². The zero-order chi connectivity index (χ0) is 28.4. The average Bonchev–Trinajstić information content (AvgIpc) is 3.08. The zero-order valence-corrected chi connectivity index (χ0v) is 23.8. The monoisotopic (exact) mass is 566 g/mol. The molecule has 1 saturated carbocycles. The summed E-state index contributed by atoms with van der Waals surface area (Å²) in [4.78, 5) is 27.5. The Bertz CT molecular complexity index is 1380. The van der Waals surface area contributed by atoms with Crippen LogP contribution in [0, 0.1) is 12.3 Å². The Morgan fingerprint density at radius 1 is 1.15 bits per heavy atom. The van der Waals surface area contributed by atoms with Gasteiger partial charge in [-0.1, -0.05) is 0 Å². The summed E-state index contributed by atoms with van der Waals surface area (Å²) in [5.41, 5.74) is -0.0282. The van der Waals surface area contributed by atoms with Crippen LogP contribution < -0.4 is 5.32 Å². The van der Waals surface area contributed by atoms with Gasteiger partial charge in [-0.2, -0.15) is 0 Å². The van der Waals surface area contributed by atoms with E-state index in [1.165, 1.54) is 10.6 Å². The number of nitrogens with zero attached hydrogens (tertiary/aromatic N) is 5. The van der Waals surface area contributed by atoms with Gasteiger partial charge >= 0.3 is 6.09 Å². The number of carbonyl (C=O) groups excluding carboxylic acids is 1. The van der Waals surface area contributed by atoms with E-state index >= 15 is 8.78 Å². The van der Waals surface area contributed by atoms with Gasteiger partial charge in [0.05, 0.1) is 29.4 Å². The molecule has 0 radical (unpaired) electrons. The highest BCUT2D eigenvalue weighted by Crippen LogP contribution is 2.62. The van der Waals surface area contributed by atoms with Crippen LogP contribution in [0.15, 0.2) is 12.3 Å². The molecular formula is C26H36F2N6O4S. The molecule has 3 aliphatic rings. The van der Waals surface area contributed by atoms with Crippen molar-refractivity contribution in [1.29, 1.82) is 0 Å². The standard InChI is InChI=1S/C26H36F2N6O4S/c1-16-10-17-13-29-22(31-19-6-8-34(9-7-19)39(5,36)37)32-20(17)21(30-16)18-11-25(12-18)14-33(15-26(25,27)28)23(35)38-24(2,3)4/h10,13,18-19H,6-9,11-12,14-15H2,1-5H3,(H,29,31,32). The van der Waals surface area contributed by atoms with Crippen molar-refractivity contribution in [3.8, 4) is 0 Å². The van der Waals surface area contributed by atoms with Crippen molar-refractivity contribution in [2.24, 2.45) is 5.41 Å². The first-order valence-electron chi connectivity index (χ1n) is 13.3. The molecule has 2 aromatic rings. The van der Waals surface area contributed by atoms with E-state index in [0.29, 0.717) is 43.1 Å². The van der Waals surface area contributed by atoms with E-state index in [9.17, 15) is 13.2 Å². The van der Waals surface area contributed by atoms with E-state index < -0.39 is 39.6 Å². The number of nitrogens with one attached hydrogen (secondary N) is 1. The van der Waals surface area contributed by atoms with Gasteiger partial charge in [-0.15, -0.1) is 0 Å². The lowest BCUT2D eigenvalue weighted by Crippen LogP contribution is -2.49. The number of hydrogen-bond donors (Lipinski definition) is 1. The number of aryl methyl sites for hydroxylation is 1. The molecule has 0 atom stereocenters. The molecule has 2 saturated heterocycles. The van der Waals surface area contributed by atoms with Gasteiger partial charge in [0, 0.05) is 48.9 Å². The Hall–Kier alpha value is -2.67. The molecule has 1 amide bonds. The third-order valence-corrected chi connectivity index (χ3v) is 9.25. The van der Waals surface area contributed by atoms with Crippen LogP contribution in [0.4, 0.5) is 19.5 Å². The van der Waals surface area contributed by atoms with Gasteiger partial charge in [-0.25, -0.2) is 36.3 Å². The summed E-state index contributed by atoms with van der Waals surface area (Å²) in [6.07, 6.45) is 3.85. The highest BCUT2D eigenvalue weighted by atomic mass is 32.2. The van der Waals surface area contributed by atoms with Crippen LogP contribution >= 0.6 is 0 Å². The number of hydrogen-bond acceptors (Lipinski definition) is 8. The summed E-state index contributed by atoms with van der Waals surface area (Å²) >= 11 is 0. The first-order chi connectivity index (χ1) is 18.1. The Balaban J connectivity index is 1.32. The third-order valence-electron chi connectivity index (χ3n) is 7.95. The van der Waals surface area contributed by atoms with Crippen molar-refractivity contribution in [2.45, 2.75) is 76.9 Å². The molecule has 214 valence electrons. The van der Waals surface area contributed by atoms with Crippen molar-refractivity contribution in [3.05, 3.63) is 23.7 Å². The normalized spacial score (nSPS) is 26.1. The number of piperidine rings is 1. The highest BCUT2D eigenvalue weighted by Gasteiger charge is 2.67. The number of ether oxygens (including phenoxy) is 1. The van der Waals surface area contributed by atoms with Crippen LogP contribution in [-0.4, -0.2) is 88.7 Å². The topological polar surface area (TPSA) is 118 Å². The second-order valence-corrected chi connectivity index (χ2v) is 14.3. The quantitative estimate of drug-likeness (QED) is 0.592. The van der Waals surface area contributed by atoms with E-state index in [0.717, 1.165) is 16.0 Å². The number of carbonyl (C=O) groups is 1. The number of likely N-dealkylation sites (tertiary alicyclic amines) is 1. The minimum atomic E-state index is -3.22.